The van der Waals surface area contributed by atoms with Crippen LogP contribution in [-0.2, 0) is 4.74 Å². The Kier molecular flexibility index (Phi) is 3.03. The van der Waals surface area contributed by atoms with Crippen molar-refractivity contribution in [3.63, 3.8) is 0 Å². The average molecular weight is 209 g/mol. The molecule has 15 heavy (non-hydrogen) atoms. The Morgan fingerprint density at radius 3 is 3.07 bits per heavy atom. The Morgan fingerprint density at radius 1 is 1.53 bits per heavy atom. The molecular weight excluding hydrogens is 193 g/mol. The van der Waals surface area contributed by atoms with E-state index in [2.05, 4.69) is 12.2 Å². The molecular formula is C12H16FNO. The first-order valence-electron chi connectivity index (χ1n) is 5.28. The van der Waals surface area contributed by atoms with Crippen LogP contribution in [0.1, 0.15) is 30.1 Å². The quantitative estimate of drug-likeness (QED) is 0.806. The summed E-state index contributed by atoms with van der Waals surface area (Å²) in [6.45, 7) is 3.39. The highest BCUT2D eigenvalue weighted by atomic mass is 19.1. The number of halogens is 1. The van der Waals surface area contributed by atoms with Gasteiger partial charge in [-0.15, -0.1) is 0 Å². The van der Waals surface area contributed by atoms with Crippen LogP contribution in [0.25, 0.3) is 0 Å². The van der Waals surface area contributed by atoms with E-state index in [-0.39, 0.29) is 17.8 Å². The average Bonchev–Trinajstić information content (AvgIpc) is 2.23. The van der Waals surface area contributed by atoms with E-state index in [1.807, 2.05) is 13.1 Å². The van der Waals surface area contributed by atoms with E-state index < -0.39 is 0 Å². The molecule has 1 N–H and O–H groups in total. The molecule has 0 radical (unpaired) electrons. The highest BCUT2D eigenvalue weighted by molar-refractivity contribution is 5.35. The summed E-state index contributed by atoms with van der Waals surface area (Å²) in [6.07, 6.45) is -0.151. The maximum atomic E-state index is 13.7. The van der Waals surface area contributed by atoms with Crippen LogP contribution < -0.4 is 5.32 Å². The second-order valence-electron chi connectivity index (χ2n) is 4.02. The third-order valence-electron chi connectivity index (χ3n) is 2.88. The minimum absolute atomic E-state index is 0.151. The van der Waals surface area contributed by atoms with Crippen LogP contribution in [-0.4, -0.2) is 20.2 Å². The van der Waals surface area contributed by atoms with Crippen molar-refractivity contribution in [2.24, 2.45) is 0 Å². The predicted octanol–water partition coefficient (Wildman–Crippen LogP) is 2.22. The van der Waals surface area contributed by atoms with Gasteiger partial charge in [0.1, 0.15) is 5.82 Å². The van der Waals surface area contributed by atoms with E-state index in [9.17, 15) is 4.39 Å². The van der Waals surface area contributed by atoms with Gasteiger partial charge in [0.25, 0.3) is 0 Å². The molecule has 1 aromatic rings. The van der Waals surface area contributed by atoms with Crippen molar-refractivity contribution in [3.8, 4) is 0 Å². The highest BCUT2D eigenvalue weighted by Crippen LogP contribution is 2.34. The van der Waals surface area contributed by atoms with Crippen molar-refractivity contribution in [3.05, 3.63) is 35.1 Å². The number of likely N-dealkylation sites (N-methyl/N-ethyl adjacent to an activating group) is 1. The van der Waals surface area contributed by atoms with Gasteiger partial charge in [0.05, 0.1) is 12.7 Å². The van der Waals surface area contributed by atoms with Gasteiger partial charge in [-0.2, -0.15) is 0 Å². The summed E-state index contributed by atoms with van der Waals surface area (Å²) in [5.74, 6) is 0.128. The van der Waals surface area contributed by atoms with E-state index in [0.717, 1.165) is 11.1 Å². The van der Waals surface area contributed by atoms with Gasteiger partial charge >= 0.3 is 0 Å². The number of benzene rings is 1. The molecule has 1 aliphatic heterocycles. The van der Waals surface area contributed by atoms with Crippen molar-refractivity contribution < 1.29 is 9.13 Å². The number of fused-ring (bicyclic) bond motifs is 1. The van der Waals surface area contributed by atoms with Crippen molar-refractivity contribution in [1.82, 2.24) is 5.32 Å². The van der Waals surface area contributed by atoms with Gasteiger partial charge in [-0.25, -0.2) is 4.39 Å². The van der Waals surface area contributed by atoms with Crippen molar-refractivity contribution in [1.29, 1.82) is 0 Å². The minimum Gasteiger partial charge on any atom is -0.371 e. The van der Waals surface area contributed by atoms with Gasteiger partial charge in [-0.3, -0.25) is 0 Å². The number of ether oxygens (including phenoxy) is 1. The summed E-state index contributed by atoms with van der Waals surface area (Å²) in [7, 11) is 1.85. The lowest BCUT2D eigenvalue weighted by atomic mass is 9.90. The first kappa shape index (κ1) is 10.6. The van der Waals surface area contributed by atoms with Gasteiger partial charge < -0.3 is 10.1 Å². The number of hydrogen-bond donors (Lipinski definition) is 1. The summed E-state index contributed by atoms with van der Waals surface area (Å²) in [6, 6.07) is 5.27. The molecule has 0 amide bonds. The Morgan fingerprint density at radius 2 is 2.33 bits per heavy atom. The molecule has 0 bridgehead atoms. The fraction of sp³-hybridized carbons (Fsp3) is 0.500. The van der Waals surface area contributed by atoms with Crippen molar-refractivity contribution in [2.75, 3.05) is 20.2 Å². The number of hydrogen-bond acceptors (Lipinski definition) is 2. The molecule has 0 spiro atoms. The third-order valence-corrected chi connectivity index (χ3v) is 2.88. The van der Waals surface area contributed by atoms with E-state index in [1.54, 1.807) is 6.07 Å². The molecule has 0 aromatic heterocycles. The number of rotatable bonds is 2. The SMILES string of the molecule is CNC[C@@H]1OC[C@@H](C)c2cccc(F)c21. The maximum Gasteiger partial charge on any atom is 0.129 e. The zero-order valence-corrected chi connectivity index (χ0v) is 9.09. The minimum atomic E-state index is -0.153. The summed E-state index contributed by atoms with van der Waals surface area (Å²) in [5, 5.41) is 3.03. The Bertz CT molecular complexity index is 353. The summed E-state index contributed by atoms with van der Waals surface area (Å²) >= 11 is 0. The molecule has 0 unspecified atom stereocenters. The van der Waals surface area contributed by atoms with Crippen LogP contribution in [0, 0.1) is 5.82 Å². The molecule has 0 fully saturated rings. The van der Waals surface area contributed by atoms with Gasteiger partial charge in [0, 0.05) is 18.0 Å². The molecule has 0 aliphatic carbocycles. The Labute approximate surface area is 89.4 Å². The summed E-state index contributed by atoms with van der Waals surface area (Å²) in [5.41, 5.74) is 1.81. The molecule has 0 saturated carbocycles. The standard InChI is InChI=1S/C12H16FNO/c1-8-7-15-11(6-14-2)12-9(8)4-3-5-10(12)13/h3-5,8,11,14H,6-7H2,1-2H3/t8-,11+/m1/s1. The lowest BCUT2D eigenvalue weighted by Gasteiger charge is -2.30. The summed E-state index contributed by atoms with van der Waals surface area (Å²) in [4.78, 5) is 0. The van der Waals surface area contributed by atoms with Crippen LogP contribution in [0.4, 0.5) is 4.39 Å². The molecule has 1 heterocycles. The van der Waals surface area contributed by atoms with Gasteiger partial charge in [0.2, 0.25) is 0 Å². The molecule has 1 aromatic carbocycles. The van der Waals surface area contributed by atoms with E-state index in [1.165, 1.54) is 6.07 Å². The Hall–Kier alpha value is -0.930. The summed E-state index contributed by atoms with van der Waals surface area (Å²) < 4.78 is 19.3. The normalized spacial score (nSPS) is 25.0. The number of nitrogens with one attached hydrogen (secondary N) is 1. The maximum absolute atomic E-state index is 13.7. The van der Waals surface area contributed by atoms with Crippen molar-refractivity contribution in [2.45, 2.75) is 18.9 Å². The fourth-order valence-corrected chi connectivity index (χ4v) is 2.10. The van der Waals surface area contributed by atoms with Crippen LogP contribution in [0.3, 0.4) is 0 Å². The van der Waals surface area contributed by atoms with E-state index >= 15 is 0 Å². The first-order valence-corrected chi connectivity index (χ1v) is 5.28. The monoisotopic (exact) mass is 209 g/mol. The Balaban J connectivity index is 2.42. The lowest BCUT2D eigenvalue weighted by Crippen LogP contribution is -2.27. The highest BCUT2D eigenvalue weighted by Gasteiger charge is 2.27. The molecule has 2 rings (SSSR count). The molecule has 2 atom stereocenters. The zero-order chi connectivity index (χ0) is 10.8. The smallest absolute Gasteiger partial charge is 0.129 e. The lowest BCUT2D eigenvalue weighted by molar-refractivity contribution is 0.0293. The van der Waals surface area contributed by atoms with E-state index in [0.29, 0.717) is 13.2 Å². The van der Waals surface area contributed by atoms with Gasteiger partial charge in [0.15, 0.2) is 0 Å². The van der Waals surface area contributed by atoms with Crippen LogP contribution in [0.5, 0.6) is 0 Å². The molecule has 0 saturated heterocycles. The van der Waals surface area contributed by atoms with Crippen LogP contribution >= 0.6 is 0 Å². The second-order valence-corrected chi connectivity index (χ2v) is 4.02. The van der Waals surface area contributed by atoms with Crippen LogP contribution in [0.15, 0.2) is 18.2 Å². The molecule has 3 heteroatoms. The van der Waals surface area contributed by atoms with Crippen LogP contribution in [0.2, 0.25) is 0 Å². The van der Waals surface area contributed by atoms with Gasteiger partial charge in [-0.1, -0.05) is 19.1 Å². The van der Waals surface area contributed by atoms with Crippen molar-refractivity contribution >= 4 is 0 Å². The molecule has 2 nitrogen and oxygen atoms in total. The topological polar surface area (TPSA) is 21.3 Å². The largest absolute Gasteiger partial charge is 0.371 e. The first-order chi connectivity index (χ1) is 7.24. The molecule has 1 aliphatic rings. The molecule has 82 valence electrons. The van der Waals surface area contributed by atoms with E-state index in [4.69, 9.17) is 4.74 Å². The van der Waals surface area contributed by atoms with Gasteiger partial charge in [-0.05, 0) is 18.7 Å². The predicted molar refractivity (Wildman–Crippen MR) is 57.4 cm³/mol. The zero-order valence-electron chi connectivity index (χ0n) is 9.09. The fourth-order valence-electron chi connectivity index (χ4n) is 2.10. The third kappa shape index (κ3) is 1.90. The second kappa shape index (κ2) is 4.29.